The molecule has 0 spiro atoms. The van der Waals surface area contributed by atoms with Gasteiger partial charge in [-0.25, -0.2) is 9.50 Å². The molecule has 27 heavy (non-hydrogen) atoms. The molecular weight excluding hydrogens is 344 g/mol. The molecule has 1 atom stereocenters. The van der Waals surface area contributed by atoms with Crippen LogP contribution < -0.4 is 14.8 Å². The van der Waals surface area contributed by atoms with Gasteiger partial charge in [-0.3, -0.25) is 4.79 Å². The monoisotopic (exact) mass is 364 g/mol. The van der Waals surface area contributed by atoms with Crippen molar-refractivity contribution in [2.45, 2.75) is 32.7 Å². The van der Waals surface area contributed by atoms with Gasteiger partial charge in [-0.15, -0.1) is 0 Å². The van der Waals surface area contributed by atoms with E-state index in [9.17, 15) is 4.79 Å². The highest BCUT2D eigenvalue weighted by Crippen LogP contribution is 2.40. The fraction of sp³-hybridized carbons (Fsp3) is 0.350. The van der Waals surface area contributed by atoms with Gasteiger partial charge in [0.05, 0.1) is 11.9 Å². The molecule has 3 aromatic rings. The van der Waals surface area contributed by atoms with E-state index in [2.05, 4.69) is 17.3 Å². The third kappa shape index (κ3) is 2.70. The second-order valence-electron chi connectivity index (χ2n) is 7.22. The van der Waals surface area contributed by atoms with Crippen LogP contribution in [0.2, 0.25) is 0 Å². The van der Waals surface area contributed by atoms with Crippen molar-refractivity contribution in [3.05, 3.63) is 41.7 Å². The average Bonchev–Trinajstić information content (AvgIpc) is 3.24. The number of hydrogen-bond donors (Lipinski definition) is 1. The molecule has 1 saturated carbocycles. The van der Waals surface area contributed by atoms with Crippen molar-refractivity contribution in [3.8, 4) is 22.8 Å². The van der Waals surface area contributed by atoms with Crippen molar-refractivity contribution >= 4 is 11.6 Å². The minimum Gasteiger partial charge on any atom is -0.454 e. The Morgan fingerprint density at radius 2 is 2.19 bits per heavy atom. The zero-order valence-electron chi connectivity index (χ0n) is 15.2. The summed E-state index contributed by atoms with van der Waals surface area (Å²) in [5.41, 5.74) is 3.49. The summed E-state index contributed by atoms with van der Waals surface area (Å²) in [6, 6.07) is 7.82. The predicted octanol–water partition coefficient (Wildman–Crippen LogP) is 2.96. The van der Waals surface area contributed by atoms with Crippen molar-refractivity contribution in [1.82, 2.24) is 19.9 Å². The molecule has 0 saturated heterocycles. The zero-order chi connectivity index (χ0) is 18.5. The van der Waals surface area contributed by atoms with Gasteiger partial charge in [0.15, 0.2) is 17.1 Å². The number of carbonyl (C=O) groups excluding carboxylic acids is 1. The summed E-state index contributed by atoms with van der Waals surface area (Å²) in [5.74, 6) is 1.84. The van der Waals surface area contributed by atoms with E-state index in [0.29, 0.717) is 28.6 Å². The van der Waals surface area contributed by atoms with Gasteiger partial charge in [0.1, 0.15) is 5.56 Å². The minimum atomic E-state index is -0.133. The number of para-hydroxylation sites is 1. The molecule has 0 bridgehead atoms. The molecule has 1 amide bonds. The molecule has 2 aliphatic rings. The van der Waals surface area contributed by atoms with Crippen molar-refractivity contribution < 1.29 is 14.3 Å². The van der Waals surface area contributed by atoms with E-state index >= 15 is 0 Å². The average molecular weight is 364 g/mol. The highest BCUT2D eigenvalue weighted by Gasteiger charge is 2.30. The number of fused-ring (bicyclic) bond motifs is 2. The number of amides is 1. The summed E-state index contributed by atoms with van der Waals surface area (Å²) in [4.78, 5) is 17.5. The zero-order valence-corrected chi connectivity index (χ0v) is 15.2. The Labute approximate surface area is 156 Å². The second-order valence-corrected chi connectivity index (χ2v) is 7.22. The van der Waals surface area contributed by atoms with E-state index in [1.807, 2.05) is 31.2 Å². The maximum atomic E-state index is 12.8. The van der Waals surface area contributed by atoms with Crippen LogP contribution in [-0.2, 0) is 0 Å². The third-order valence-corrected chi connectivity index (χ3v) is 5.25. The first-order chi connectivity index (χ1) is 13.1. The lowest BCUT2D eigenvalue weighted by Crippen LogP contribution is -2.34. The van der Waals surface area contributed by atoms with Crippen LogP contribution in [0.25, 0.3) is 16.9 Å². The highest BCUT2D eigenvalue weighted by atomic mass is 16.7. The Balaban J connectivity index is 1.58. The highest BCUT2D eigenvalue weighted by molar-refractivity contribution is 6.00. The van der Waals surface area contributed by atoms with E-state index in [-0.39, 0.29) is 18.7 Å². The Bertz CT molecular complexity index is 1050. The fourth-order valence-electron chi connectivity index (χ4n) is 3.54. The molecule has 0 radical (unpaired) electrons. The number of ether oxygens (including phenoxy) is 2. The number of hydrogen-bond acceptors (Lipinski definition) is 5. The molecule has 138 valence electrons. The molecular formula is C20H20N4O3. The van der Waals surface area contributed by atoms with E-state index in [0.717, 1.165) is 17.0 Å². The van der Waals surface area contributed by atoms with Gasteiger partial charge in [-0.05, 0) is 50.8 Å². The first kappa shape index (κ1) is 16.1. The van der Waals surface area contributed by atoms with E-state index < -0.39 is 0 Å². The third-order valence-electron chi connectivity index (χ3n) is 5.25. The minimum absolute atomic E-state index is 0.133. The first-order valence-electron chi connectivity index (χ1n) is 9.17. The van der Waals surface area contributed by atoms with Gasteiger partial charge in [-0.1, -0.05) is 6.07 Å². The van der Waals surface area contributed by atoms with Crippen molar-refractivity contribution in [2.75, 3.05) is 6.79 Å². The largest absolute Gasteiger partial charge is 0.454 e. The van der Waals surface area contributed by atoms with E-state index in [1.165, 1.54) is 12.8 Å². The van der Waals surface area contributed by atoms with Crippen molar-refractivity contribution in [3.63, 3.8) is 0 Å². The number of aryl methyl sites for hydroxylation is 1. The van der Waals surface area contributed by atoms with Crippen LogP contribution in [0.15, 0.2) is 30.5 Å². The lowest BCUT2D eigenvalue weighted by molar-refractivity contribution is 0.0937. The maximum absolute atomic E-state index is 12.8. The molecule has 1 aliphatic heterocycles. The second kappa shape index (κ2) is 5.97. The predicted molar refractivity (Wildman–Crippen MR) is 98.9 cm³/mol. The summed E-state index contributed by atoms with van der Waals surface area (Å²) >= 11 is 0. The molecule has 7 heteroatoms. The lowest BCUT2D eigenvalue weighted by atomic mass is 10.1. The van der Waals surface area contributed by atoms with Crippen molar-refractivity contribution in [2.24, 2.45) is 5.92 Å². The van der Waals surface area contributed by atoms with Crippen LogP contribution in [0.3, 0.4) is 0 Å². The Hall–Kier alpha value is -3.09. The summed E-state index contributed by atoms with van der Waals surface area (Å²) < 4.78 is 12.8. The summed E-state index contributed by atoms with van der Waals surface area (Å²) in [6.45, 7) is 4.20. The Kier molecular flexibility index (Phi) is 3.56. The van der Waals surface area contributed by atoms with Crippen LogP contribution in [-0.4, -0.2) is 33.3 Å². The number of nitrogens with zero attached hydrogens (tertiary/aromatic N) is 3. The quantitative estimate of drug-likeness (QED) is 0.770. The summed E-state index contributed by atoms with van der Waals surface area (Å²) in [6.07, 6.45) is 3.95. The smallest absolute Gasteiger partial charge is 0.256 e. The standard InChI is InChI=1S/C20H20N4O3/c1-11-8-16(14-4-3-5-17-18(14)27-10-26-17)23-19-15(9-21-24(11)19)20(25)22-12(2)13-6-7-13/h3-5,8-9,12-13H,6-7,10H2,1-2H3,(H,22,25)/t12-/m0/s1. The molecule has 3 heterocycles. The van der Waals surface area contributed by atoms with Gasteiger partial charge in [0.2, 0.25) is 6.79 Å². The molecule has 1 N–H and O–H groups in total. The fourth-order valence-corrected chi connectivity index (χ4v) is 3.54. The van der Waals surface area contributed by atoms with Crippen LogP contribution in [0.5, 0.6) is 11.5 Å². The van der Waals surface area contributed by atoms with Gasteiger partial charge in [0, 0.05) is 17.3 Å². The Morgan fingerprint density at radius 3 is 3.00 bits per heavy atom. The summed E-state index contributed by atoms with van der Waals surface area (Å²) in [5, 5.41) is 7.43. The topological polar surface area (TPSA) is 77.8 Å². The molecule has 1 aliphatic carbocycles. The van der Waals surface area contributed by atoms with Gasteiger partial charge in [0.25, 0.3) is 5.91 Å². The first-order valence-corrected chi connectivity index (χ1v) is 9.17. The number of rotatable bonds is 4. The molecule has 2 aromatic heterocycles. The van der Waals surface area contributed by atoms with Crippen LogP contribution >= 0.6 is 0 Å². The van der Waals surface area contributed by atoms with Crippen LogP contribution in [0, 0.1) is 12.8 Å². The molecule has 0 unspecified atom stereocenters. The SMILES string of the molecule is Cc1cc(-c2cccc3c2OCO3)nc2c(C(=O)N[C@@H](C)C3CC3)cnn12. The normalized spacial score (nSPS) is 16.5. The van der Waals surface area contributed by atoms with Gasteiger partial charge >= 0.3 is 0 Å². The van der Waals surface area contributed by atoms with Gasteiger partial charge in [-0.2, -0.15) is 5.10 Å². The van der Waals surface area contributed by atoms with Crippen LogP contribution in [0.4, 0.5) is 0 Å². The number of carbonyl (C=O) groups is 1. The Morgan fingerprint density at radius 1 is 1.33 bits per heavy atom. The van der Waals surface area contributed by atoms with Crippen molar-refractivity contribution in [1.29, 1.82) is 0 Å². The number of aromatic nitrogens is 3. The lowest BCUT2D eigenvalue weighted by Gasteiger charge is -2.12. The van der Waals surface area contributed by atoms with Gasteiger partial charge < -0.3 is 14.8 Å². The van der Waals surface area contributed by atoms with E-state index in [1.54, 1.807) is 10.7 Å². The van der Waals surface area contributed by atoms with Crippen LogP contribution in [0.1, 0.15) is 35.8 Å². The number of nitrogens with one attached hydrogen (secondary N) is 1. The maximum Gasteiger partial charge on any atom is 0.256 e. The molecule has 7 nitrogen and oxygen atoms in total. The van der Waals surface area contributed by atoms with E-state index in [4.69, 9.17) is 14.5 Å². The molecule has 1 aromatic carbocycles. The molecule has 5 rings (SSSR count). The molecule has 1 fully saturated rings. The summed E-state index contributed by atoms with van der Waals surface area (Å²) in [7, 11) is 0. The number of benzene rings is 1.